The van der Waals surface area contributed by atoms with Crippen LogP contribution in [0.15, 0.2) is 66.7 Å². The van der Waals surface area contributed by atoms with Gasteiger partial charge in [-0.2, -0.15) is 0 Å². The van der Waals surface area contributed by atoms with E-state index in [1.165, 1.54) is 0 Å². The van der Waals surface area contributed by atoms with Crippen molar-refractivity contribution in [3.05, 3.63) is 77.9 Å². The van der Waals surface area contributed by atoms with Gasteiger partial charge in [0.15, 0.2) is 0 Å². The number of ether oxygens (including phenoxy) is 2. The van der Waals surface area contributed by atoms with E-state index in [0.29, 0.717) is 18.7 Å². The first kappa shape index (κ1) is 27.6. The molecule has 2 aromatic carbocycles. The van der Waals surface area contributed by atoms with Crippen LogP contribution in [0.1, 0.15) is 36.5 Å². The molecular weight excluding hydrogens is 454 g/mol. The number of aliphatic carboxylic acids is 3. The second kappa shape index (κ2) is 14.5. The zero-order valence-corrected chi connectivity index (χ0v) is 19.6. The van der Waals surface area contributed by atoms with Crippen LogP contribution in [0.3, 0.4) is 0 Å². The lowest BCUT2D eigenvalue weighted by Crippen LogP contribution is -2.38. The molecule has 0 aliphatic carbocycles. The maximum Gasteiger partial charge on any atom is 0.328 e. The van der Waals surface area contributed by atoms with E-state index in [1.54, 1.807) is 7.11 Å². The summed E-state index contributed by atoms with van der Waals surface area (Å²) in [5.41, 5.74) is 2.24. The number of hydrogen-bond donors (Lipinski definition) is 3. The van der Waals surface area contributed by atoms with Gasteiger partial charge in [0.05, 0.1) is 19.6 Å². The largest absolute Gasteiger partial charge is 0.497 e. The van der Waals surface area contributed by atoms with E-state index in [4.69, 9.17) is 24.8 Å². The van der Waals surface area contributed by atoms with E-state index in [9.17, 15) is 14.4 Å². The number of carboxylic acid groups (broad SMARTS) is 3. The Morgan fingerprint density at radius 3 is 1.94 bits per heavy atom. The number of hydrogen-bond acceptors (Lipinski definition) is 6. The molecule has 1 saturated heterocycles. The molecule has 3 N–H and O–H groups in total. The average molecular weight is 486 g/mol. The van der Waals surface area contributed by atoms with Crippen LogP contribution in [0.5, 0.6) is 5.75 Å². The van der Waals surface area contributed by atoms with Gasteiger partial charge in [-0.25, -0.2) is 9.59 Å². The molecule has 188 valence electrons. The van der Waals surface area contributed by atoms with E-state index < -0.39 is 17.9 Å². The molecule has 1 fully saturated rings. The minimum atomic E-state index is -1.26. The lowest BCUT2D eigenvalue weighted by molar-refractivity contribution is -0.137. The Labute approximate surface area is 204 Å². The number of rotatable bonds is 10. The van der Waals surface area contributed by atoms with Crippen molar-refractivity contribution in [3.8, 4) is 5.75 Å². The summed E-state index contributed by atoms with van der Waals surface area (Å²) in [5.74, 6) is -2.42. The zero-order valence-electron chi connectivity index (χ0n) is 19.6. The van der Waals surface area contributed by atoms with E-state index in [2.05, 4.69) is 29.2 Å². The fourth-order valence-electron chi connectivity index (χ4n) is 3.61. The number of benzene rings is 2. The number of likely N-dealkylation sites (tertiary alicyclic amines) is 1. The quantitative estimate of drug-likeness (QED) is 0.433. The van der Waals surface area contributed by atoms with Gasteiger partial charge in [0.2, 0.25) is 0 Å². The Balaban J connectivity index is 0.000000466. The van der Waals surface area contributed by atoms with Crippen molar-refractivity contribution in [3.63, 3.8) is 0 Å². The molecule has 1 heterocycles. The lowest BCUT2D eigenvalue weighted by atomic mass is 10.00. The predicted molar refractivity (Wildman–Crippen MR) is 128 cm³/mol. The Bertz CT molecular complexity index is 951. The summed E-state index contributed by atoms with van der Waals surface area (Å²) >= 11 is 0. The summed E-state index contributed by atoms with van der Waals surface area (Å²) in [6.45, 7) is 2.37. The molecule has 0 radical (unpaired) electrons. The van der Waals surface area contributed by atoms with Crippen molar-refractivity contribution >= 4 is 17.9 Å². The molecule has 1 aliphatic rings. The standard InChI is InChI=1S/C22H27NO4.C4H4O4/c1-26-19-9-7-18(8-10-19)22(17-5-3-2-4-6-17)27-20-11-14-23(15-12-20)16-13-21(24)25;5-3(6)1-2-4(7)8/h2-10,20,22H,11-16H2,1H3,(H,24,25);1-2H,(H,5,6)(H,7,8)/b;2-1+. The maximum atomic E-state index is 10.8. The minimum absolute atomic E-state index is 0.118. The molecule has 9 nitrogen and oxygen atoms in total. The second-order valence-corrected chi connectivity index (χ2v) is 7.89. The first-order valence-electron chi connectivity index (χ1n) is 11.2. The molecule has 0 spiro atoms. The first-order chi connectivity index (χ1) is 16.8. The van der Waals surface area contributed by atoms with Crippen molar-refractivity contribution in [1.82, 2.24) is 4.90 Å². The summed E-state index contributed by atoms with van der Waals surface area (Å²) in [6, 6.07) is 18.3. The molecule has 0 amide bonds. The van der Waals surface area contributed by atoms with E-state index in [1.807, 2.05) is 30.3 Å². The fourth-order valence-corrected chi connectivity index (χ4v) is 3.61. The van der Waals surface area contributed by atoms with Crippen LogP contribution in [-0.2, 0) is 19.1 Å². The first-order valence-corrected chi connectivity index (χ1v) is 11.2. The van der Waals surface area contributed by atoms with Gasteiger partial charge < -0.3 is 29.7 Å². The maximum absolute atomic E-state index is 10.8. The Morgan fingerprint density at radius 2 is 1.46 bits per heavy atom. The highest BCUT2D eigenvalue weighted by Crippen LogP contribution is 2.31. The third-order valence-corrected chi connectivity index (χ3v) is 5.39. The molecule has 0 aromatic heterocycles. The Hall–Kier alpha value is -3.69. The van der Waals surface area contributed by atoms with Crippen LogP contribution in [0, 0.1) is 0 Å². The third kappa shape index (κ3) is 10.4. The monoisotopic (exact) mass is 485 g/mol. The highest BCUT2D eigenvalue weighted by atomic mass is 16.5. The van der Waals surface area contributed by atoms with Crippen LogP contribution in [-0.4, -0.2) is 71.0 Å². The van der Waals surface area contributed by atoms with Crippen molar-refractivity contribution < 1.29 is 39.2 Å². The molecule has 3 rings (SSSR count). The minimum Gasteiger partial charge on any atom is -0.497 e. The van der Waals surface area contributed by atoms with E-state index in [-0.39, 0.29) is 18.6 Å². The van der Waals surface area contributed by atoms with Crippen LogP contribution in [0.4, 0.5) is 0 Å². The molecule has 1 atom stereocenters. The van der Waals surface area contributed by atoms with Gasteiger partial charge in [-0.1, -0.05) is 42.5 Å². The van der Waals surface area contributed by atoms with Crippen LogP contribution in [0.2, 0.25) is 0 Å². The highest BCUT2D eigenvalue weighted by molar-refractivity contribution is 5.89. The van der Waals surface area contributed by atoms with Crippen molar-refractivity contribution in [2.45, 2.75) is 31.5 Å². The van der Waals surface area contributed by atoms with Crippen molar-refractivity contribution in [2.24, 2.45) is 0 Å². The Kier molecular flexibility index (Phi) is 11.5. The van der Waals surface area contributed by atoms with Gasteiger partial charge in [0.25, 0.3) is 0 Å². The Morgan fingerprint density at radius 1 is 0.914 bits per heavy atom. The molecule has 1 aliphatic heterocycles. The normalized spacial score (nSPS) is 15.1. The summed E-state index contributed by atoms with van der Waals surface area (Å²) in [5, 5.41) is 24.5. The van der Waals surface area contributed by atoms with Crippen LogP contribution < -0.4 is 4.74 Å². The van der Waals surface area contributed by atoms with Crippen molar-refractivity contribution in [1.29, 1.82) is 0 Å². The number of piperidine rings is 1. The summed E-state index contributed by atoms with van der Waals surface area (Å²) in [4.78, 5) is 32.1. The number of carboxylic acids is 3. The molecule has 0 bridgehead atoms. The molecule has 0 saturated carbocycles. The SMILES string of the molecule is COc1ccc(C(OC2CCN(CCC(=O)O)CC2)c2ccccc2)cc1.O=C(O)/C=C/C(=O)O. The lowest BCUT2D eigenvalue weighted by Gasteiger charge is -2.34. The average Bonchev–Trinajstić information content (AvgIpc) is 2.86. The van der Waals surface area contributed by atoms with Gasteiger partial charge in [-0.15, -0.1) is 0 Å². The number of methoxy groups -OCH3 is 1. The molecule has 2 aromatic rings. The smallest absolute Gasteiger partial charge is 0.328 e. The fraction of sp³-hybridized carbons (Fsp3) is 0.346. The third-order valence-electron chi connectivity index (χ3n) is 5.39. The summed E-state index contributed by atoms with van der Waals surface area (Å²) in [6.07, 6.45) is 3.19. The number of carbonyl (C=O) groups is 3. The molecule has 9 heteroatoms. The second-order valence-electron chi connectivity index (χ2n) is 7.89. The van der Waals surface area contributed by atoms with E-state index >= 15 is 0 Å². The van der Waals surface area contributed by atoms with Crippen LogP contribution in [0.25, 0.3) is 0 Å². The van der Waals surface area contributed by atoms with Gasteiger partial charge in [-0.05, 0) is 36.1 Å². The van der Waals surface area contributed by atoms with Crippen LogP contribution >= 0.6 is 0 Å². The highest BCUT2D eigenvalue weighted by Gasteiger charge is 2.25. The molecular formula is C26H31NO8. The van der Waals surface area contributed by atoms with E-state index in [0.717, 1.165) is 42.8 Å². The van der Waals surface area contributed by atoms with Gasteiger partial charge in [-0.3, -0.25) is 4.79 Å². The molecule has 35 heavy (non-hydrogen) atoms. The predicted octanol–water partition coefficient (Wildman–Crippen LogP) is 3.45. The summed E-state index contributed by atoms with van der Waals surface area (Å²) in [7, 11) is 1.67. The van der Waals surface area contributed by atoms with Gasteiger partial charge in [0, 0.05) is 31.8 Å². The summed E-state index contributed by atoms with van der Waals surface area (Å²) < 4.78 is 11.8. The van der Waals surface area contributed by atoms with Crippen molar-refractivity contribution in [2.75, 3.05) is 26.7 Å². The molecule has 1 unspecified atom stereocenters. The zero-order chi connectivity index (χ0) is 25.6. The van der Waals surface area contributed by atoms with Gasteiger partial charge in [0.1, 0.15) is 11.9 Å². The number of nitrogens with zero attached hydrogens (tertiary/aromatic N) is 1. The topological polar surface area (TPSA) is 134 Å². The van der Waals surface area contributed by atoms with Gasteiger partial charge >= 0.3 is 17.9 Å².